The van der Waals surface area contributed by atoms with E-state index in [1.165, 1.54) is 0 Å². The van der Waals surface area contributed by atoms with Crippen molar-refractivity contribution in [2.45, 2.75) is 45.6 Å². The number of carbonyl (C=O) groups is 2. The summed E-state index contributed by atoms with van der Waals surface area (Å²) in [4.78, 5) is 25.0. The van der Waals surface area contributed by atoms with Crippen LogP contribution < -0.4 is 5.32 Å². The molecule has 0 radical (unpaired) electrons. The molecule has 1 atom stereocenters. The zero-order chi connectivity index (χ0) is 20.1. The lowest BCUT2D eigenvalue weighted by molar-refractivity contribution is 0.0913. The Morgan fingerprint density at radius 1 is 1.11 bits per heavy atom. The summed E-state index contributed by atoms with van der Waals surface area (Å²) in [6, 6.07) is 13.9. The lowest BCUT2D eigenvalue weighted by Crippen LogP contribution is -2.25. The van der Waals surface area contributed by atoms with Crippen molar-refractivity contribution < 1.29 is 14.3 Å². The largest absolute Gasteiger partial charge is 0.385 e. The van der Waals surface area contributed by atoms with Crippen molar-refractivity contribution in [2.24, 2.45) is 5.92 Å². The first-order valence-electron chi connectivity index (χ1n) is 10.0. The number of ketones is 1. The number of ether oxygens (including phenoxy) is 1. The van der Waals surface area contributed by atoms with Gasteiger partial charge < -0.3 is 10.1 Å². The van der Waals surface area contributed by atoms with Crippen molar-refractivity contribution in [3.8, 4) is 11.1 Å². The Bertz CT molecular complexity index is 837. The van der Waals surface area contributed by atoms with Gasteiger partial charge in [-0.3, -0.25) is 9.59 Å². The van der Waals surface area contributed by atoms with Gasteiger partial charge in [0.1, 0.15) is 0 Å². The number of aryl methyl sites for hydroxylation is 1. The molecule has 0 aliphatic heterocycles. The maximum atomic E-state index is 12.6. The van der Waals surface area contributed by atoms with Crippen LogP contribution in [0.3, 0.4) is 0 Å². The van der Waals surface area contributed by atoms with Gasteiger partial charge in [-0.2, -0.15) is 0 Å². The predicted molar refractivity (Wildman–Crippen MR) is 112 cm³/mol. The first kappa shape index (κ1) is 20.3. The Labute approximate surface area is 167 Å². The second-order valence-corrected chi connectivity index (χ2v) is 7.76. The van der Waals surface area contributed by atoms with E-state index in [2.05, 4.69) is 5.32 Å². The molecule has 0 heterocycles. The normalized spacial score (nSPS) is 14.5. The maximum Gasteiger partial charge on any atom is 0.251 e. The molecule has 148 valence electrons. The van der Waals surface area contributed by atoms with Crippen LogP contribution in [0.25, 0.3) is 11.1 Å². The number of hydrogen-bond donors (Lipinski definition) is 1. The summed E-state index contributed by atoms with van der Waals surface area (Å²) in [6.07, 6.45) is 3.86. The number of hydrogen-bond acceptors (Lipinski definition) is 3. The standard InChI is InChI=1S/C24H29NO3/c1-16-6-7-20(24(27)25-21-12-13-21)15-22(16)18-8-10-19(11-9-18)23(26)17(2)5-4-14-28-3/h6-11,15,17,21H,4-5,12-14H2,1-3H3,(H,25,27). The highest BCUT2D eigenvalue weighted by Gasteiger charge is 2.24. The Morgan fingerprint density at radius 2 is 1.79 bits per heavy atom. The number of carbonyl (C=O) groups excluding carboxylic acids is 2. The zero-order valence-electron chi connectivity index (χ0n) is 17.0. The van der Waals surface area contributed by atoms with Crippen LogP contribution in [-0.4, -0.2) is 31.4 Å². The lowest BCUT2D eigenvalue weighted by Gasteiger charge is -2.12. The fourth-order valence-corrected chi connectivity index (χ4v) is 3.33. The Hall–Kier alpha value is -2.46. The third-order valence-electron chi connectivity index (χ3n) is 5.33. The molecule has 28 heavy (non-hydrogen) atoms. The monoisotopic (exact) mass is 379 g/mol. The van der Waals surface area contributed by atoms with E-state index in [1.807, 2.05) is 56.3 Å². The summed E-state index contributed by atoms with van der Waals surface area (Å²) < 4.78 is 5.06. The van der Waals surface area contributed by atoms with Gasteiger partial charge in [-0.25, -0.2) is 0 Å². The van der Waals surface area contributed by atoms with Crippen molar-refractivity contribution in [1.29, 1.82) is 0 Å². The van der Waals surface area contributed by atoms with Gasteiger partial charge in [0.05, 0.1) is 0 Å². The van der Waals surface area contributed by atoms with E-state index >= 15 is 0 Å². The summed E-state index contributed by atoms with van der Waals surface area (Å²) in [7, 11) is 1.68. The molecule has 1 N–H and O–H groups in total. The molecule has 2 aromatic carbocycles. The summed E-state index contributed by atoms with van der Waals surface area (Å²) >= 11 is 0. The number of Topliss-reactive ketones (excluding diaryl/α,β-unsaturated/α-hetero) is 1. The fraction of sp³-hybridized carbons (Fsp3) is 0.417. The second kappa shape index (κ2) is 9.16. The molecule has 1 aliphatic carbocycles. The van der Waals surface area contributed by atoms with E-state index in [-0.39, 0.29) is 17.6 Å². The number of amides is 1. The quantitative estimate of drug-likeness (QED) is 0.503. The molecule has 1 aliphatic rings. The van der Waals surface area contributed by atoms with E-state index in [4.69, 9.17) is 4.74 Å². The molecule has 1 amide bonds. The fourth-order valence-electron chi connectivity index (χ4n) is 3.33. The third-order valence-corrected chi connectivity index (χ3v) is 5.33. The highest BCUT2D eigenvalue weighted by atomic mass is 16.5. The number of nitrogens with one attached hydrogen (secondary N) is 1. The molecular weight excluding hydrogens is 350 g/mol. The van der Waals surface area contributed by atoms with Gasteiger partial charge in [-0.15, -0.1) is 0 Å². The maximum absolute atomic E-state index is 12.6. The highest BCUT2D eigenvalue weighted by molar-refractivity contribution is 5.98. The van der Waals surface area contributed by atoms with Gasteiger partial charge >= 0.3 is 0 Å². The van der Waals surface area contributed by atoms with Gasteiger partial charge in [0.15, 0.2) is 5.78 Å². The molecule has 1 fully saturated rings. The molecule has 4 nitrogen and oxygen atoms in total. The summed E-state index contributed by atoms with van der Waals surface area (Å²) in [5.74, 6) is 0.134. The molecule has 0 aromatic heterocycles. The second-order valence-electron chi connectivity index (χ2n) is 7.76. The molecule has 3 rings (SSSR count). The van der Waals surface area contributed by atoms with Gasteiger partial charge in [-0.1, -0.05) is 37.3 Å². The smallest absolute Gasteiger partial charge is 0.251 e. The average Bonchev–Trinajstić information content (AvgIpc) is 3.52. The molecule has 2 aromatic rings. The summed E-state index contributed by atoms with van der Waals surface area (Å²) in [5.41, 5.74) is 4.56. The van der Waals surface area contributed by atoms with Crippen molar-refractivity contribution in [3.63, 3.8) is 0 Å². The van der Waals surface area contributed by atoms with E-state index < -0.39 is 0 Å². The lowest BCUT2D eigenvalue weighted by atomic mass is 9.92. The number of rotatable bonds is 9. The van der Waals surface area contributed by atoms with Gasteiger partial charge in [0.2, 0.25) is 0 Å². The number of benzene rings is 2. The van der Waals surface area contributed by atoms with Crippen LogP contribution in [0.4, 0.5) is 0 Å². The highest BCUT2D eigenvalue weighted by Crippen LogP contribution is 2.27. The van der Waals surface area contributed by atoms with Crippen LogP contribution in [0, 0.1) is 12.8 Å². The van der Waals surface area contributed by atoms with E-state index in [0.29, 0.717) is 18.2 Å². The van der Waals surface area contributed by atoms with E-state index in [0.717, 1.165) is 47.9 Å². The van der Waals surface area contributed by atoms with E-state index in [9.17, 15) is 9.59 Å². The predicted octanol–water partition coefficient (Wildman–Crippen LogP) is 4.80. The van der Waals surface area contributed by atoms with Gasteiger partial charge in [-0.05, 0) is 61.4 Å². The van der Waals surface area contributed by atoms with Crippen LogP contribution in [-0.2, 0) is 4.74 Å². The molecule has 1 unspecified atom stereocenters. The first-order valence-corrected chi connectivity index (χ1v) is 10.0. The van der Waals surface area contributed by atoms with Crippen LogP contribution in [0.15, 0.2) is 42.5 Å². The van der Waals surface area contributed by atoms with Crippen molar-refractivity contribution >= 4 is 11.7 Å². The van der Waals surface area contributed by atoms with Crippen LogP contribution in [0.1, 0.15) is 58.9 Å². The Morgan fingerprint density at radius 3 is 2.43 bits per heavy atom. The molecule has 0 spiro atoms. The molecule has 4 heteroatoms. The first-order chi connectivity index (χ1) is 13.5. The van der Waals surface area contributed by atoms with Crippen LogP contribution in [0.2, 0.25) is 0 Å². The van der Waals surface area contributed by atoms with Gasteiger partial charge in [0.25, 0.3) is 5.91 Å². The van der Waals surface area contributed by atoms with Crippen molar-refractivity contribution in [3.05, 3.63) is 59.2 Å². The molecular formula is C24H29NO3. The minimum atomic E-state index is -0.0165. The molecule has 1 saturated carbocycles. The summed E-state index contributed by atoms with van der Waals surface area (Å²) in [5, 5.41) is 3.03. The van der Waals surface area contributed by atoms with Crippen LogP contribution >= 0.6 is 0 Å². The average molecular weight is 380 g/mol. The SMILES string of the molecule is COCCCC(C)C(=O)c1ccc(-c2cc(C(=O)NC3CC3)ccc2C)cc1. The van der Waals surface area contributed by atoms with Crippen molar-refractivity contribution in [2.75, 3.05) is 13.7 Å². The number of methoxy groups -OCH3 is 1. The third kappa shape index (κ3) is 5.08. The Kier molecular flexibility index (Phi) is 6.63. The van der Waals surface area contributed by atoms with E-state index in [1.54, 1.807) is 7.11 Å². The van der Waals surface area contributed by atoms with Gasteiger partial charge in [0, 0.05) is 36.8 Å². The Balaban J connectivity index is 1.73. The minimum absolute atomic E-state index is 0.0135. The molecule has 0 saturated heterocycles. The minimum Gasteiger partial charge on any atom is -0.385 e. The molecule has 0 bridgehead atoms. The van der Waals surface area contributed by atoms with Crippen molar-refractivity contribution in [1.82, 2.24) is 5.32 Å². The zero-order valence-corrected chi connectivity index (χ0v) is 17.0. The van der Waals surface area contributed by atoms with Crippen LogP contribution in [0.5, 0.6) is 0 Å². The topological polar surface area (TPSA) is 55.4 Å². The summed E-state index contributed by atoms with van der Waals surface area (Å²) in [6.45, 7) is 4.69.